The maximum Gasteiger partial charge on any atom is 0.265 e. The number of halogens is 1. The summed E-state index contributed by atoms with van der Waals surface area (Å²) in [5.41, 5.74) is -0.634. The van der Waals surface area contributed by atoms with Crippen molar-refractivity contribution in [1.29, 1.82) is 0 Å². The van der Waals surface area contributed by atoms with Crippen LogP contribution in [0.4, 0.5) is 5.88 Å². The van der Waals surface area contributed by atoms with E-state index >= 15 is 0 Å². The Hall–Kier alpha value is -2.01. The minimum Gasteiger partial charge on any atom is -0.458 e. The van der Waals surface area contributed by atoms with Gasteiger partial charge in [-0.2, -0.15) is 0 Å². The van der Waals surface area contributed by atoms with Crippen molar-refractivity contribution in [3.63, 3.8) is 0 Å². The summed E-state index contributed by atoms with van der Waals surface area (Å²) in [6, 6.07) is 1.54. The smallest absolute Gasteiger partial charge is 0.265 e. The molecule has 1 aliphatic heterocycles. The maximum absolute atomic E-state index is 12.7. The van der Waals surface area contributed by atoms with Crippen LogP contribution in [0.15, 0.2) is 44.5 Å². The van der Waals surface area contributed by atoms with Crippen molar-refractivity contribution in [2.45, 2.75) is 43.1 Å². The molecule has 1 unspecified atom stereocenters. The Morgan fingerprint density at radius 1 is 1.41 bits per heavy atom. The summed E-state index contributed by atoms with van der Waals surface area (Å²) in [6.07, 6.45) is 5.33. The number of nitrogens with zero attached hydrogens (tertiary/aromatic N) is 1. The molecule has 0 aromatic carbocycles. The molecule has 2 aliphatic rings. The number of hydrogen-bond donors (Lipinski definition) is 2. The average Bonchev–Trinajstić information content (AvgIpc) is 3.38. The lowest BCUT2D eigenvalue weighted by Crippen LogP contribution is -2.29. The molecular formula is C18H19ClN2O6S2. The number of thiophene rings is 1. The molecular weight excluding hydrogens is 440 g/mol. The molecule has 3 heterocycles. The Morgan fingerprint density at radius 3 is 3.00 bits per heavy atom. The highest BCUT2D eigenvalue weighted by Crippen LogP contribution is 2.36. The summed E-state index contributed by atoms with van der Waals surface area (Å²) in [7, 11) is -3.87. The predicted octanol–water partition coefficient (Wildman–Crippen LogP) is 3.73. The fourth-order valence-electron chi connectivity index (χ4n) is 3.24. The summed E-state index contributed by atoms with van der Waals surface area (Å²) < 4.78 is 43.4. The largest absolute Gasteiger partial charge is 0.458 e. The van der Waals surface area contributed by atoms with Gasteiger partial charge >= 0.3 is 0 Å². The number of nitrogens with one attached hydrogen (secondary N) is 1. The van der Waals surface area contributed by atoms with E-state index in [-0.39, 0.29) is 22.6 Å². The van der Waals surface area contributed by atoms with Gasteiger partial charge in [0.15, 0.2) is 5.76 Å². The Labute approximate surface area is 176 Å². The van der Waals surface area contributed by atoms with Gasteiger partial charge in [0.1, 0.15) is 21.4 Å². The predicted molar refractivity (Wildman–Crippen MR) is 107 cm³/mol. The molecule has 4 rings (SSSR count). The summed E-state index contributed by atoms with van der Waals surface area (Å²) in [4.78, 5) is 0.852. The summed E-state index contributed by atoms with van der Waals surface area (Å²) in [5, 5.41) is 16.3. The van der Waals surface area contributed by atoms with Crippen molar-refractivity contribution in [3.05, 3.63) is 50.7 Å². The van der Waals surface area contributed by atoms with Crippen molar-refractivity contribution in [2.75, 3.05) is 11.5 Å². The number of aromatic nitrogens is 1. The minimum absolute atomic E-state index is 0.106. The second-order valence-electron chi connectivity index (χ2n) is 6.89. The zero-order valence-electron chi connectivity index (χ0n) is 15.5. The van der Waals surface area contributed by atoms with E-state index in [4.69, 9.17) is 25.6 Å². The fraction of sp³-hybridized carbons (Fsp3) is 0.389. The van der Waals surface area contributed by atoms with Crippen molar-refractivity contribution in [3.8, 4) is 0 Å². The Balaban J connectivity index is 1.41. The van der Waals surface area contributed by atoms with E-state index in [0.29, 0.717) is 47.8 Å². The number of anilines is 1. The molecule has 1 atom stereocenters. The molecule has 8 nitrogen and oxygen atoms in total. The van der Waals surface area contributed by atoms with Crippen molar-refractivity contribution in [1.82, 2.24) is 5.16 Å². The molecule has 0 saturated heterocycles. The third kappa shape index (κ3) is 4.16. The maximum atomic E-state index is 12.7. The first-order valence-corrected chi connectivity index (χ1v) is 11.6. The number of rotatable bonds is 7. The lowest BCUT2D eigenvalue weighted by Gasteiger charge is -2.26. The second-order valence-corrected chi connectivity index (χ2v) is 9.92. The molecule has 0 saturated carbocycles. The molecule has 0 fully saturated rings. The van der Waals surface area contributed by atoms with Crippen LogP contribution >= 0.6 is 22.9 Å². The summed E-state index contributed by atoms with van der Waals surface area (Å²) >= 11 is 7.35. The molecule has 2 aromatic heterocycles. The third-order valence-electron chi connectivity index (χ3n) is 4.76. The van der Waals surface area contributed by atoms with Gasteiger partial charge in [-0.05, 0) is 49.8 Å². The van der Waals surface area contributed by atoms with Gasteiger partial charge in [-0.3, -0.25) is 0 Å². The molecule has 29 heavy (non-hydrogen) atoms. The van der Waals surface area contributed by atoms with Crippen molar-refractivity contribution in [2.24, 2.45) is 0 Å². The summed E-state index contributed by atoms with van der Waals surface area (Å²) in [5.74, 6) is 1.21. The first-order valence-electron chi connectivity index (χ1n) is 8.89. The standard InChI is InChI=1S/C18H19ClN2O6S2/c1-11-16(19)17(27-20-11)21-29(23,24)15-5-8-28-14(15)3-2-6-18(22)7-4-12-13(9-18)26-10-25-12/h4-5,7-8,21-22H,2-3,6,9-10H2,1H3. The van der Waals surface area contributed by atoms with Gasteiger partial charge in [0, 0.05) is 11.3 Å². The number of aliphatic hydroxyl groups is 1. The quantitative estimate of drug-likeness (QED) is 0.650. The third-order valence-corrected chi connectivity index (χ3v) is 7.73. The minimum atomic E-state index is -3.87. The van der Waals surface area contributed by atoms with Crippen molar-refractivity contribution >= 4 is 38.8 Å². The Kier molecular flexibility index (Phi) is 5.36. The van der Waals surface area contributed by atoms with Crippen LogP contribution in [0.1, 0.15) is 29.8 Å². The topological polar surface area (TPSA) is 111 Å². The average molecular weight is 459 g/mol. The molecule has 0 radical (unpaired) electrons. The summed E-state index contributed by atoms with van der Waals surface area (Å²) in [6.45, 7) is 1.79. The second kappa shape index (κ2) is 7.67. The normalized spacial score (nSPS) is 21.1. The number of hydrogen-bond acceptors (Lipinski definition) is 8. The molecule has 0 spiro atoms. The van der Waals surface area contributed by atoms with Gasteiger partial charge in [-0.25, -0.2) is 13.1 Å². The van der Waals surface area contributed by atoms with Gasteiger partial charge in [-0.1, -0.05) is 16.8 Å². The van der Waals surface area contributed by atoms with Crippen molar-refractivity contribution < 1.29 is 27.5 Å². The van der Waals surface area contributed by atoms with Gasteiger partial charge in [-0.15, -0.1) is 11.3 Å². The van der Waals surface area contributed by atoms with E-state index in [0.717, 1.165) is 0 Å². The van der Waals surface area contributed by atoms with E-state index in [2.05, 4.69) is 9.88 Å². The molecule has 2 N–H and O–H groups in total. The molecule has 1 aliphatic carbocycles. The van der Waals surface area contributed by atoms with E-state index in [1.54, 1.807) is 24.5 Å². The Bertz CT molecular complexity index is 1090. The lowest BCUT2D eigenvalue weighted by molar-refractivity contribution is 0.0430. The highest BCUT2D eigenvalue weighted by atomic mass is 35.5. The first-order chi connectivity index (χ1) is 13.8. The highest BCUT2D eigenvalue weighted by molar-refractivity contribution is 7.93. The first kappa shape index (κ1) is 20.3. The zero-order chi connectivity index (χ0) is 20.6. The van der Waals surface area contributed by atoms with Crippen LogP contribution in [0, 0.1) is 6.92 Å². The number of aryl methyl sites for hydroxylation is 2. The monoisotopic (exact) mass is 458 g/mol. The SMILES string of the molecule is Cc1noc(NS(=O)(=O)c2ccsc2CCCC2(O)C=CC3=C(C2)OCO3)c1Cl. The van der Waals surface area contributed by atoms with Crippen LogP contribution in [0.25, 0.3) is 0 Å². The lowest BCUT2D eigenvalue weighted by atomic mass is 9.88. The molecule has 2 aromatic rings. The van der Waals surface area contributed by atoms with Gasteiger partial charge in [0.2, 0.25) is 6.79 Å². The number of sulfonamides is 1. The van der Waals surface area contributed by atoms with E-state index in [1.165, 1.54) is 17.4 Å². The highest BCUT2D eigenvalue weighted by Gasteiger charge is 2.33. The number of ether oxygens (including phenoxy) is 2. The molecule has 11 heteroatoms. The molecule has 0 amide bonds. The van der Waals surface area contributed by atoms with Gasteiger partial charge in [0.25, 0.3) is 15.9 Å². The fourth-order valence-corrected chi connectivity index (χ4v) is 5.93. The van der Waals surface area contributed by atoms with Crippen LogP contribution in [0.5, 0.6) is 0 Å². The number of allylic oxidation sites excluding steroid dienone is 1. The van der Waals surface area contributed by atoms with Crippen LogP contribution in [-0.4, -0.2) is 31.1 Å². The van der Waals surface area contributed by atoms with Crippen LogP contribution in [0.2, 0.25) is 5.02 Å². The molecule has 0 bridgehead atoms. The van der Waals surface area contributed by atoms with Gasteiger partial charge in [0.05, 0.1) is 5.60 Å². The van der Waals surface area contributed by atoms with E-state index in [9.17, 15) is 13.5 Å². The van der Waals surface area contributed by atoms with Crippen LogP contribution < -0.4 is 4.72 Å². The van der Waals surface area contributed by atoms with Gasteiger partial charge < -0.3 is 19.1 Å². The van der Waals surface area contributed by atoms with E-state index in [1.807, 2.05) is 0 Å². The van der Waals surface area contributed by atoms with Crippen LogP contribution in [-0.2, 0) is 25.9 Å². The molecule has 156 valence electrons. The Morgan fingerprint density at radius 2 is 2.24 bits per heavy atom. The van der Waals surface area contributed by atoms with E-state index < -0.39 is 15.6 Å². The zero-order valence-corrected chi connectivity index (χ0v) is 17.9. The van der Waals surface area contributed by atoms with Crippen LogP contribution in [0.3, 0.4) is 0 Å².